The second kappa shape index (κ2) is 9.75. The normalized spacial score (nSPS) is 14.3. The molecule has 0 saturated carbocycles. The standard InChI is InChI=1S/C24H24ClN7O3/c1-35-22-11-18(19(25)14-26-22)20-12-21(30-29-20)24(34)31-9-6-15(7-10-31)23(33)27-13-17-4-2-3-16-5-8-28-32(16)17/h2-5,8,11-12,14-15H,6-7,9-10,13H2,1H3,(H,27,33)(H,29,30). The zero-order chi connectivity index (χ0) is 24.4. The molecule has 10 nitrogen and oxygen atoms in total. The Hall–Kier alpha value is -3.92. The molecule has 0 aliphatic carbocycles. The number of nitrogens with one attached hydrogen (secondary N) is 2. The number of aromatic amines is 1. The number of methoxy groups -OCH3 is 1. The number of amides is 2. The summed E-state index contributed by atoms with van der Waals surface area (Å²) in [5, 5.41) is 14.8. The van der Waals surface area contributed by atoms with Crippen LogP contribution in [0, 0.1) is 5.92 Å². The fraction of sp³-hybridized carbons (Fsp3) is 0.292. The van der Waals surface area contributed by atoms with Gasteiger partial charge in [0.15, 0.2) is 0 Å². The Labute approximate surface area is 206 Å². The number of ether oxygens (including phenoxy) is 1. The van der Waals surface area contributed by atoms with E-state index in [4.69, 9.17) is 16.3 Å². The molecule has 0 spiro atoms. The molecule has 0 radical (unpaired) electrons. The highest BCUT2D eigenvalue weighted by molar-refractivity contribution is 6.33. The van der Waals surface area contributed by atoms with Crippen LogP contribution in [0.15, 0.2) is 48.8 Å². The molecular weight excluding hydrogens is 470 g/mol. The molecule has 0 bridgehead atoms. The van der Waals surface area contributed by atoms with Gasteiger partial charge in [0.25, 0.3) is 5.91 Å². The summed E-state index contributed by atoms with van der Waals surface area (Å²) in [6.07, 6.45) is 4.41. The molecule has 35 heavy (non-hydrogen) atoms. The van der Waals surface area contributed by atoms with Crippen molar-refractivity contribution in [1.82, 2.24) is 35.0 Å². The van der Waals surface area contributed by atoms with Gasteiger partial charge in [-0.15, -0.1) is 0 Å². The first-order chi connectivity index (χ1) is 17.0. The summed E-state index contributed by atoms with van der Waals surface area (Å²) in [4.78, 5) is 31.6. The summed E-state index contributed by atoms with van der Waals surface area (Å²) in [5.74, 6) is 0.0923. The van der Waals surface area contributed by atoms with E-state index in [0.717, 1.165) is 11.2 Å². The number of fused-ring (bicyclic) bond motifs is 1. The van der Waals surface area contributed by atoms with Crippen LogP contribution in [0.5, 0.6) is 5.88 Å². The van der Waals surface area contributed by atoms with Gasteiger partial charge in [-0.3, -0.25) is 14.7 Å². The topological polar surface area (TPSA) is 118 Å². The summed E-state index contributed by atoms with van der Waals surface area (Å²) < 4.78 is 6.96. The van der Waals surface area contributed by atoms with Crippen molar-refractivity contribution in [1.29, 1.82) is 0 Å². The van der Waals surface area contributed by atoms with Gasteiger partial charge in [-0.2, -0.15) is 10.2 Å². The molecule has 1 fully saturated rings. The average Bonchev–Trinajstić information content (AvgIpc) is 3.57. The predicted octanol–water partition coefficient (Wildman–Crippen LogP) is 2.95. The van der Waals surface area contributed by atoms with Crippen LogP contribution in [-0.4, -0.2) is 61.7 Å². The first-order valence-electron chi connectivity index (χ1n) is 11.3. The van der Waals surface area contributed by atoms with Crippen LogP contribution in [0.2, 0.25) is 5.02 Å². The van der Waals surface area contributed by atoms with Gasteiger partial charge in [0.05, 0.1) is 41.8 Å². The third-order valence-corrected chi connectivity index (χ3v) is 6.52. The predicted molar refractivity (Wildman–Crippen MR) is 129 cm³/mol. The maximum Gasteiger partial charge on any atom is 0.271 e. The third kappa shape index (κ3) is 4.69. The summed E-state index contributed by atoms with van der Waals surface area (Å²) in [7, 11) is 1.52. The number of hydrogen-bond acceptors (Lipinski definition) is 6. The largest absolute Gasteiger partial charge is 0.481 e. The molecule has 5 heterocycles. The van der Waals surface area contributed by atoms with Crippen LogP contribution in [0.4, 0.5) is 0 Å². The lowest BCUT2D eigenvalue weighted by Gasteiger charge is -2.31. The minimum Gasteiger partial charge on any atom is -0.481 e. The summed E-state index contributed by atoms with van der Waals surface area (Å²) >= 11 is 6.25. The van der Waals surface area contributed by atoms with Crippen molar-refractivity contribution in [2.75, 3.05) is 20.2 Å². The molecule has 5 rings (SSSR count). The first kappa shape index (κ1) is 22.9. The van der Waals surface area contributed by atoms with E-state index in [-0.39, 0.29) is 17.7 Å². The molecule has 2 amide bonds. The van der Waals surface area contributed by atoms with Gasteiger partial charge in [0, 0.05) is 36.8 Å². The molecule has 0 atom stereocenters. The van der Waals surface area contributed by atoms with Crippen LogP contribution in [0.1, 0.15) is 29.0 Å². The summed E-state index contributed by atoms with van der Waals surface area (Å²) in [5.41, 5.74) is 3.41. The van der Waals surface area contributed by atoms with Crippen molar-refractivity contribution in [3.63, 3.8) is 0 Å². The van der Waals surface area contributed by atoms with Gasteiger partial charge < -0.3 is 15.0 Å². The molecule has 1 saturated heterocycles. The number of likely N-dealkylation sites (tertiary alicyclic amines) is 1. The van der Waals surface area contributed by atoms with E-state index in [1.165, 1.54) is 13.3 Å². The number of nitrogens with zero attached hydrogens (tertiary/aromatic N) is 5. The Bertz CT molecular complexity index is 1370. The number of pyridine rings is 2. The fourth-order valence-corrected chi connectivity index (χ4v) is 4.48. The Morgan fingerprint density at radius 1 is 1.23 bits per heavy atom. The number of carbonyl (C=O) groups is 2. The third-order valence-electron chi connectivity index (χ3n) is 6.22. The number of hydrogen-bond donors (Lipinski definition) is 2. The van der Waals surface area contributed by atoms with E-state index < -0.39 is 0 Å². The molecule has 4 aromatic rings. The van der Waals surface area contributed by atoms with Crippen LogP contribution in [0.3, 0.4) is 0 Å². The average molecular weight is 494 g/mol. The number of rotatable bonds is 6. The molecule has 4 aromatic heterocycles. The SMILES string of the molecule is COc1cc(-c2cc(C(=O)N3CCC(C(=O)NCc4cccc5ccnn45)CC3)[nH]n2)c(Cl)cn1. The van der Waals surface area contributed by atoms with Gasteiger partial charge >= 0.3 is 0 Å². The molecule has 0 unspecified atom stereocenters. The fourth-order valence-electron chi connectivity index (χ4n) is 4.28. The molecule has 11 heteroatoms. The zero-order valence-corrected chi connectivity index (χ0v) is 19.8. The van der Waals surface area contributed by atoms with Crippen molar-refractivity contribution in [3.8, 4) is 17.1 Å². The van der Waals surface area contributed by atoms with E-state index in [0.29, 0.717) is 60.3 Å². The Morgan fingerprint density at radius 2 is 2.06 bits per heavy atom. The van der Waals surface area contributed by atoms with Crippen molar-refractivity contribution in [3.05, 3.63) is 65.2 Å². The van der Waals surface area contributed by atoms with Crippen molar-refractivity contribution < 1.29 is 14.3 Å². The van der Waals surface area contributed by atoms with E-state index >= 15 is 0 Å². The molecule has 1 aliphatic rings. The maximum absolute atomic E-state index is 13.0. The highest BCUT2D eigenvalue weighted by Gasteiger charge is 2.28. The minimum absolute atomic E-state index is 0.00800. The summed E-state index contributed by atoms with van der Waals surface area (Å²) in [6, 6.07) is 11.1. The smallest absolute Gasteiger partial charge is 0.271 e. The van der Waals surface area contributed by atoms with E-state index in [2.05, 4.69) is 25.6 Å². The van der Waals surface area contributed by atoms with Gasteiger partial charge in [-0.25, -0.2) is 9.50 Å². The Morgan fingerprint density at radius 3 is 2.86 bits per heavy atom. The second-order valence-electron chi connectivity index (χ2n) is 8.34. The van der Waals surface area contributed by atoms with E-state index in [1.54, 1.807) is 23.2 Å². The minimum atomic E-state index is -0.162. The molecule has 0 aromatic carbocycles. The monoisotopic (exact) mass is 493 g/mol. The number of H-pyrrole nitrogens is 1. The van der Waals surface area contributed by atoms with Crippen LogP contribution >= 0.6 is 11.6 Å². The zero-order valence-electron chi connectivity index (χ0n) is 19.1. The number of aromatic nitrogens is 5. The molecule has 1 aliphatic heterocycles. The second-order valence-corrected chi connectivity index (χ2v) is 8.75. The number of carbonyl (C=O) groups excluding carboxylic acids is 2. The van der Waals surface area contributed by atoms with Gasteiger partial charge in [-0.1, -0.05) is 17.7 Å². The quantitative estimate of drug-likeness (QED) is 0.426. The molecule has 180 valence electrons. The van der Waals surface area contributed by atoms with Gasteiger partial charge in [0.2, 0.25) is 11.8 Å². The maximum atomic E-state index is 13.0. The van der Waals surface area contributed by atoms with Gasteiger partial charge in [0.1, 0.15) is 5.69 Å². The van der Waals surface area contributed by atoms with Crippen molar-refractivity contribution in [2.45, 2.75) is 19.4 Å². The lowest BCUT2D eigenvalue weighted by Crippen LogP contribution is -2.43. The van der Waals surface area contributed by atoms with Crippen LogP contribution < -0.4 is 10.1 Å². The van der Waals surface area contributed by atoms with Crippen LogP contribution in [0.25, 0.3) is 16.8 Å². The van der Waals surface area contributed by atoms with Gasteiger partial charge in [-0.05, 0) is 37.1 Å². The van der Waals surface area contributed by atoms with Crippen molar-refractivity contribution in [2.24, 2.45) is 5.92 Å². The van der Waals surface area contributed by atoms with Crippen molar-refractivity contribution >= 4 is 28.9 Å². The molecule has 2 N–H and O–H groups in total. The Balaban J connectivity index is 1.17. The number of piperidine rings is 1. The number of halogens is 1. The van der Waals surface area contributed by atoms with Crippen LogP contribution in [-0.2, 0) is 11.3 Å². The summed E-state index contributed by atoms with van der Waals surface area (Å²) in [6.45, 7) is 1.38. The van der Waals surface area contributed by atoms with E-state index in [1.807, 2.05) is 28.8 Å². The lowest BCUT2D eigenvalue weighted by atomic mass is 9.95. The lowest BCUT2D eigenvalue weighted by molar-refractivity contribution is -0.126. The Kier molecular flexibility index (Phi) is 6.37. The highest BCUT2D eigenvalue weighted by Crippen LogP contribution is 2.29. The highest BCUT2D eigenvalue weighted by atomic mass is 35.5. The first-order valence-corrected chi connectivity index (χ1v) is 11.6. The van der Waals surface area contributed by atoms with E-state index in [9.17, 15) is 9.59 Å². The molecular formula is C24H24ClN7O3.